The quantitative estimate of drug-likeness (QED) is 0.512. The Labute approximate surface area is 161 Å². The molecule has 0 atom stereocenters. The molecule has 6 nitrogen and oxygen atoms in total. The third-order valence-electron chi connectivity index (χ3n) is 4.47. The normalized spacial score (nSPS) is 12.2. The molecule has 0 saturated carbocycles. The van der Waals surface area contributed by atoms with Crippen molar-refractivity contribution in [3.8, 4) is 11.3 Å². The van der Waals surface area contributed by atoms with Gasteiger partial charge in [0.15, 0.2) is 4.96 Å². The molecular weight excluding hydrogens is 376 g/mol. The van der Waals surface area contributed by atoms with Crippen LogP contribution in [-0.4, -0.2) is 20.5 Å². The second-order valence-electron chi connectivity index (χ2n) is 6.19. The Bertz CT molecular complexity index is 1480. The van der Waals surface area contributed by atoms with Crippen molar-refractivity contribution >= 4 is 39.4 Å². The molecule has 0 aliphatic rings. The van der Waals surface area contributed by atoms with Crippen LogP contribution in [0.5, 0.6) is 0 Å². The summed E-state index contributed by atoms with van der Waals surface area (Å²) in [7, 11) is 0. The first-order valence-electron chi connectivity index (χ1n) is 8.46. The van der Waals surface area contributed by atoms with E-state index in [0.717, 1.165) is 11.0 Å². The maximum atomic E-state index is 12.8. The smallest absolute Gasteiger partial charge is 0.336 e. The summed E-state index contributed by atoms with van der Waals surface area (Å²) in [5.74, 6) is -0.115. The number of imidazole rings is 1. The molecule has 5 aromatic rings. The minimum atomic E-state index is -1.02. The van der Waals surface area contributed by atoms with E-state index in [9.17, 15) is 14.7 Å². The first-order valence-corrected chi connectivity index (χ1v) is 9.28. The summed E-state index contributed by atoms with van der Waals surface area (Å²) in [5.41, 5.74) is 2.05. The lowest BCUT2D eigenvalue weighted by atomic mass is 10.1. The molecule has 28 heavy (non-hydrogen) atoms. The number of furan rings is 1. The average molecular weight is 388 g/mol. The molecule has 0 unspecified atom stereocenters. The van der Waals surface area contributed by atoms with Crippen molar-refractivity contribution in [3.63, 3.8) is 0 Å². The fourth-order valence-corrected chi connectivity index (χ4v) is 4.17. The van der Waals surface area contributed by atoms with Gasteiger partial charge in [-0.2, -0.15) is 0 Å². The van der Waals surface area contributed by atoms with E-state index in [-0.39, 0.29) is 11.1 Å². The molecule has 0 fully saturated rings. The number of rotatable bonds is 3. The zero-order chi connectivity index (χ0) is 19.3. The first kappa shape index (κ1) is 16.5. The van der Waals surface area contributed by atoms with Gasteiger partial charge in [0.2, 0.25) is 0 Å². The van der Waals surface area contributed by atoms with Crippen molar-refractivity contribution in [1.82, 2.24) is 9.38 Å². The van der Waals surface area contributed by atoms with Crippen LogP contribution in [0, 0.1) is 0 Å². The highest BCUT2D eigenvalue weighted by molar-refractivity contribution is 7.15. The van der Waals surface area contributed by atoms with Crippen LogP contribution in [-0.2, 0) is 0 Å². The summed E-state index contributed by atoms with van der Waals surface area (Å²) < 4.78 is 7.89. The number of thiazole rings is 1. The van der Waals surface area contributed by atoms with Gasteiger partial charge >= 0.3 is 5.97 Å². The minimum Gasteiger partial charge on any atom is -0.478 e. The lowest BCUT2D eigenvalue weighted by molar-refractivity contribution is 0.0697. The third-order valence-corrected chi connectivity index (χ3v) is 5.44. The molecule has 0 aliphatic carbocycles. The molecule has 7 heteroatoms. The van der Waals surface area contributed by atoms with E-state index in [1.807, 2.05) is 24.3 Å². The molecule has 0 spiro atoms. The molecule has 0 amide bonds. The van der Waals surface area contributed by atoms with Crippen molar-refractivity contribution in [2.75, 3.05) is 0 Å². The zero-order valence-corrected chi connectivity index (χ0v) is 15.1. The Morgan fingerprint density at radius 1 is 1.07 bits per heavy atom. The highest BCUT2D eigenvalue weighted by Crippen LogP contribution is 2.26. The van der Waals surface area contributed by atoms with Crippen LogP contribution >= 0.6 is 11.3 Å². The number of para-hydroxylation sites is 2. The number of nitrogens with zero attached hydrogens (tertiary/aromatic N) is 2. The molecule has 0 saturated heterocycles. The maximum absolute atomic E-state index is 12.8. The van der Waals surface area contributed by atoms with Crippen LogP contribution in [0.2, 0.25) is 0 Å². The van der Waals surface area contributed by atoms with Crippen LogP contribution < -0.4 is 10.1 Å². The van der Waals surface area contributed by atoms with E-state index in [1.165, 1.54) is 17.4 Å². The Morgan fingerprint density at radius 2 is 1.86 bits per heavy atom. The van der Waals surface area contributed by atoms with Gasteiger partial charge in [0.25, 0.3) is 5.56 Å². The SMILES string of the molecule is O=C(O)c1ccccc1-c1ccc(/C=c2\sc3nc4ccccc4n3c2=O)o1. The Hall–Kier alpha value is -3.71. The second kappa shape index (κ2) is 6.17. The molecule has 1 N–H and O–H groups in total. The standard InChI is InChI=1S/C21H12N2O4S/c24-19-18(28-21-22-15-7-3-4-8-16(15)23(19)21)11-12-9-10-17(27-12)13-5-1-2-6-14(13)20(25)26/h1-11H,(H,25,26)/b18-11-. The number of carboxylic acid groups (broad SMARTS) is 1. The van der Waals surface area contributed by atoms with Gasteiger partial charge in [-0.15, -0.1) is 0 Å². The minimum absolute atomic E-state index is 0.155. The van der Waals surface area contributed by atoms with Gasteiger partial charge < -0.3 is 9.52 Å². The van der Waals surface area contributed by atoms with Gasteiger partial charge in [0.05, 0.1) is 16.6 Å². The van der Waals surface area contributed by atoms with Gasteiger partial charge in [0, 0.05) is 11.6 Å². The predicted molar refractivity (Wildman–Crippen MR) is 107 cm³/mol. The van der Waals surface area contributed by atoms with Crippen LogP contribution in [0.25, 0.3) is 33.4 Å². The van der Waals surface area contributed by atoms with Gasteiger partial charge in [-0.1, -0.05) is 41.7 Å². The fraction of sp³-hybridized carbons (Fsp3) is 0. The Kier molecular flexibility index (Phi) is 3.63. The van der Waals surface area contributed by atoms with E-state index < -0.39 is 5.97 Å². The van der Waals surface area contributed by atoms with Gasteiger partial charge in [-0.3, -0.25) is 4.79 Å². The van der Waals surface area contributed by atoms with E-state index in [1.54, 1.807) is 40.8 Å². The fourth-order valence-electron chi connectivity index (χ4n) is 3.20. The monoisotopic (exact) mass is 388 g/mol. The van der Waals surface area contributed by atoms with E-state index in [2.05, 4.69) is 4.98 Å². The van der Waals surface area contributed by atoms with Crippen LogP contribution in [0.15, 0.2) is 69.9 Å². The van der Waals surface area contributed by atoms with Crippen molar-refractivity contribution < 1.29 is 14.3 Å². The highest BCUT2D eigenvalue weighted by atomic mass is 32.1. The molecule has 2 aromatic carbocycles. The maximum Gasteiger partial charge on any atom is 0.336 e. The summed E-state index contributed by atoms with van der Waals surface area (Å²) in [6.45, 7) is 0. The number of hydrogen-bond donors (Lipinski definition) is 1. The van der Waals surface area contributed by atoms with Gasteiger partial charge in [0.1, 0.15) is 16.1 Å². The number of carbonyl (C=O) groups is 1. The number of benzene rings is 2. The van der Waals surface area contributed by atoms with Crippen molar-refractivity contribution in [1.29, 1.82) is 0 Å². The summed E-state index contributed by atoms with van der Waals surface area (Å²) in [4.78, 5) is 29.3. The first-order chi connectivity index (χ1) is 13.6. The zero-order valence-electron chi connectivity index (χ0n) is 14.3. The predicted octanol–water partition coefficient (Wildman–Crippen LogP) is 3.42. The number of aromatic carboxylic acids is 1. The summed E-state index contributed by atoms with van der Waals surface area (Å²) in [6.07, 6.45) is 1.66. The van der Waals surface area contributed by atoms with E-state index in [0.29, 0.717) is 26.6 Å². The Balaban J connectivity index is 1.63. The second-order valence-corrected chi connectivity index (χ2v) is 7.20. The molecular formula is C21H12N2O4S. The summed E-state index contributed by atoms with van der Waals surface area (Å²) >= 11 is 1.29. The van der Waals surface area contributed by atoms with Gasteiger partial charge in [-0.25, -0.2) is 14.2 Å². The molecule has 3 heterocycles. The summed E-state index contributed by atoms with van der Waals surface area (Å²) in [5, 5.41) is 9.35. The lowest BCUT2D eigenvalue weighted by Crippen LogP contribution is -2.22. The molecule has 136 valence electrons. The van der Waals surface area contributed by atoms with Crippen LogP contribution in [0.1, 0.15) is 16.1 Å². The molecule has 0 aliphatic heterocycles. The number of aromatic nitrogens is 2. The van der Waals surface area contributed by atoms with Crippen molar-refractivity contribution in [2.24, 2.45) is 0 Å². The van der Waals surface area contributed by atoms with E-state index >= 15 is 0 Å². The largest absolute Gasteiger partial charge is 0.478 e. The van der Waals surface area contributed by atoms with E-state index in [4.69, 9.17) is 4.42 Å². The molecule has 0 bridgehead atoms. The van der Waals surface area contributed by atoms with Crippen LogP contribution in [0.3, 0.4) is 0 Å². The molecule has 0 radical (unpaired) electrons. The Morgan fingerprint density at radius 3 is 2.71 bits per heavy atom. The lowest BCUT2D eigenvalue weighted by Gasteiger charge is -2.01. The van der Waals surface area contributed by atoms with Crippen molar-refractivity contribution in [2.45, 2.75) is 0 Å². The van der Waals surface area contributed by atoms with Crippen LogP contribution in [0.4, 0.5) is 0 Å². The number of fused-ring (bicyclic) bond motifs is 3. The molecule has 5 rings (SSSR count). The molecule has 3 aromatic heterocycles. The number of hydrogen-bond acceptors (Lipinski definition) is 5. The summed E-state index contributed by atoms with van der Waals surface area (Å²) in [6, 6.07) is 17.5. The van der Waals surface area contributed by atoms with Crippen molar-refractivity contribution in [3.05, 3.63) is 86.9 Å². The third kappa shape index (κ3) is 2.52. The van der Waals surface area contributed by atoms with Gasteiger partial charge in [-0.05, 0) is 30.3 Å². The topological polar surface area (TPSA) is 84.8 Å². The average Bonchev–Trinajstić information content (AvgIpc) is 3.38. The number of carboxylic acids is 1. The highest BCUT2D eigenvalue weighted by Gasteiger charge is 2.14.